The van der Waals surface area contributed by atoms with Gasteiger partial charge in [0.1, 0.15) is 28.9 Å². The monoisotopic (exact) mass is 500 g/mol. The molecule has 9 heteroatoms. The predicted octanol–water partition coefficient (Wildman–Crippen LogP) is 4.79. The van der Waals surface area contributed by atoms with Gasteiger partial charge in [0.05, 0.1) is 12.6 Å². The number of ketones is 2. The molecular formula is C27H36N2O7. The third kappa shape index (κ3) is 9.28. The molecule has 2 rings (SSSR count). The lowest BCUT2D eigenvalue weighted by Crippen LogP contribution is -2.44. The van der Waals surface area contributed by atoms with Crippen LogP contribution in [0.15, 0.2) is 30.3 Å². The minimum atomic E-state index is -0.992. The molecule has 36 heavy (non-hydrogen) atoms. The number of carbonyl (C=O) groups is 4. The number of nitrogens with one attached hydrogen (secondary N) is 1. The summed E-state index contributed by atoms with van der Waals surface area (Å²) in [7, 11) is 1.50. The molecule has 0 saturated carbocycles. The van der Waals surface area contributed by atoms with E-state index in [9.17, 15) is 19.2 Å². The Morgan fingerprint density at radius 1 is 1.06 bits per heavy atom. The van der Waals surface area contributed by atoms with E-state index < -0.39 is 36.1 Å². The van der Waals surface area contributed by atoms with E-state index in [1.54, 1.807) is 32.9 Å². The maximum Gasteiger partial charge on any atom is 0.408 e. The van der Waals surface area contributed by atoms with E-state index in [1.165, 1.54) is 13.2 Å². The number of aromatic nitrogens is 1. The van der Waals surface area contributed by atoms with E-state index in [2.05, 4.69) is 10.3 Å². The highest BCUT2D eigenvalue weighted by Crippen LogP contribution is 2.25. The first-order valence-corrected chi connectivity index (χ1v) is 12.2. The largest absolute Gasteiger partial charge is 0.496 e. The number of ether oxygens (including phenoxy) is 3. The summed E-state index contributed by atoms with van der Waals surface area (Å²) < 4.78 is 15.9. The van der Waals surface area contributed by atoms with Crippen molar-refractivity contribution in [3.05, 3.63) is 36.0 Å². The van der Waals surface area contributed by atoms with Crippen LogP contribution in [0, 0.1) is 0 Å². The molecule has 1 amide bonds. The highest BCUT2D eigenvalue weighted by molar-refractivity contribution is 6.00. The zero-order valence-corrected chi connectivity index (χ0v) is 21.7. The van der Waals surface area contributed by atoms with E-state index in [4.69, 9.17) is 14.2 Å². The zero-order chi connectivity index (χ0) is 26.7. The highest BCUT2D eigenvalue weighted by atomic mass is 16.6. The van der Waals surface area contributed by atoms with Crippen molar-refractivity contribution in [2.24, 2.45) is 0 Å². The molecule has 0 spiro atoms. The molecule has 2 aromatic rings. The Morgan fingerprint density at radius 3 is 2.44 bits per heavy atom. The van der Waals surface area contributed by atoms with Gasteiger partial charge in [0.25, 0.3) is 0 Å². The SMILES string of the molecule is CCC(=O)CCCCC[C@H](NC(=O)OC(C)(C)C)C(=O)OCC(=O)c1cc(OC)c2ccccc2n1. The van der Waals surface area contributed by atoms with Crippen LogP contribution < -0.4 is 10.1 Å². The summed E-state index contributed by atoms with van der Waals surface area (Å²) in [4.78, 5) is 53.6. The smallest absolute Gasteiger partial charge is 0.408 e. The highest BCUT2D eigenvalue weighted by Gasteiger charge is 2.26. The van der Waals surface area contributed by atoms with E-state index in [0.717, 1.165) is 5.39 Å². The lowest BCUT2D eigenvalue weighted by atomic mass is 10.1. The number of pyridine rings is 1. The Balaban J connectivity index is 2.02. The van der Waals surface area contributed by atoms with Crippen molar-refractivity contribution in [1.29, 1.82) is 0 Å². The second kappa shape index (κ2) is 13.6. The van der Waals surface area contributed by atoms with Crippen LogP contribution in [0.5, 0.6) is 5.75 Å². The first-order chi connectivity index (χ1) is 17.0. The number of hydrogen-bond donors (Lipinski definition) is 1. The Kier molecular flexibility index (Phi) is 10.8. The summed E-state index contributed by atoms with van der Waals surface area (Å²) in [6, 6.07) is 7.75. The van der Waals surface area contributed by atoms with Crippen molar-refractivity contribution in [3.8, 4) is 5.75 Å². The summed E-state index contributed by atoms with van der Waals surface area (Å²) >= 11 is 0. The first kappa shape index (κ1) is 28.7. The number of fused-ring (bicyclic) bond motifs is 1. The number of nitrogens with zero attached hydrogens (tertiary/aromatic N) is 1. The maximum atomic E-state index is 12.8. The number of alkyl carbamates (subject to hydrolysis) is 1. The molecule has 0 aliphatic rings. The Bertz CT molecular complexity index is 1080. The van der Waals surface area contributed by atoms with Gasteiger partial charge >= 0.3 is 12.1 Å². The number of unbranched alkanes of at least 4 members (excludes halogenated alkanes) is 2. The molecule has 0 unspecified atom stereocenters. The molecule has 1 aromatic carbocycles. The number of methoxy groups -OCH3 is 1. The number of esters is 1. The Hall–Kier alpha value is -3.49. The van der Waals surface area contributed by atoms with Gasteiger partial charge in [-0.05, 0) is 45.7 Å². The van der Waals surface area contributed by atoms with Crippen LogP contribution in [0.4, 0.5) is 4.79 Å². The van der Waals surface area contributed by atoms with Crippen LogP contribution in [0.25, 0.3) is 10.9 Å². The van der Waals surface area contributed by atoms with Crippen LogP contribution in [0.3, 0.4) is 0 Å². The van der Waals surface area contributed by atoms with E-state index in [-0.39, 0.29) is 17.9 Å². The molecule has 1 N–H and O–H groups in total. The number of amides is 1. The van der Waals surface area contributed by atoms with E-state index >= 15 is 0 Å². The fourth-order valence-corrected chi connectivity index (χ4v) is 3.49. The lowest BCUT2D eigenvalue weighted by Gasteiger charge is -2.23. The summed E-state index contributed by atoms with van der Waals surface area (Å²) in [6.07, 6.45) is 2.53. The molecule has 0 aliphatic heterocycles. The summed E-state index contributed by atoms with van der Waals surface area (Å²) in [5, 5.41) is 3.30. The van der Waals surface area contributed by atoms with Gasteiger partial charge in [0, 0.05) is 24.3 Å². The number of Topliss-reactive ketones (excluding diaryl/α,β-unsaturated/α-hetero) is 2. The summed E-state index contributed by atoms with van der Waals surface area (Å²) in [5.74, 6) is -0.565. The lowest BCUT2D eigenvalue weighted by molar-refractivity contribution is -0.145. The third-order valence-corrected chi connectivity index (χ3v) is 5.35. The van der Waals surface area contributed by atoms with Crippen LogP contribution in [-0.4, -0.2) is 54.0 Å². The molecule has 0 saturated heterocycles. The second-order valence-corrected chi connectivity index (χ2v) is 9.45. The van der Waals surface area contributed by atoms with Gasteiger partial charge in [-0.2, -0.15) is 0 Å². The molecule has 0 bridgehead atoms. The quantitative estimate of drug-likeness (QED) is 0.237. The van der Waals surface area contributed by atoms with E-state index in [1.807, 2.05) is 19.1 Å². The van der Waals surface area contributed by atoms with Crippen molar-refractivity contribution in [2.75, 3.05) is 13.7 Å². The van der Waals surface area contributed by atoms with Gasteiger partial charge in [0.2, 0.25) is 5.78 Å². The number of carbonyl (C=O) groups excluding carboxylic acids is 4. The van der Waals surface area contributed by atoms with Gasteiger partial charge in [-0.15, -0.1) is 0 Å². The molecule has 0 aliphatic carbocycles. The number of rotatable bonds is 13. The van der Waals surface area contributed by atoms with Crippen LogP contribution in [0.2, 0.25) is 0 Å². The molecule has 196 valence electrons. The minimum absolute atomic E-state index is 0.107. The number of para-hydroxylation sites is 1. The number of hydrogen-bond acceptors (Lipinski definition) is 8. The normalized spacial score (nSPS) is 12.0. The van der Waals surface area contributed by atoms with Gasteiger partial charge in [-0.25, -0.2) is 14.6 Å². The van der Waals surface area contributed by atoms with Gasteiger partial charge in [-0.1, -0.05) is 31.9 Å². The molecule has 0 fully saturated rings. The standard InChI is InChI=1S/C27H36N2O7/c1-6-18(30)12-8-7-9-15-21(29-26(33)36-27(2,3)4)25(32)35-17-23(31)22-16-24(34-5)19-13-10-11-14-20(19)28-22/h10-11,13-14,16,21H,6-9,12,15,17H2,1-5H3,(H,29,33)/t21-/m0/s1. The van der Waals surface area contributed by atoms with Crippen LogP contribution in [0.1, 0.15) is 76.7 Å². The van der Waals surface area contributed by atoms with Crippen molar-refractivity contribution in [3.63, 3.8) is 0 Å². The molecule has 9 nitrogen and oxygen atoms in total. The Morgan fingerprint density at radius 2 is 1.78 bits per heavy atom. The molecule has 1 atom stereocenters. The van der Waals surface area contributed by atoms with E-state index in [0.29, 0.717) is 43.4 Å². The average Bonchev–Trinajstić information content (AvgIpc) is 2.83. The Labute approximate surface area is 211 Å². The fraction of sp³-hybridized carbons (Fsp3) is 0.519. The zero-order valence-electron chi connectivity index (χ0n) is 21.7. The predicted molar refractivity (Wildman–Crippen MR) is 135 cm³/mol. The molecule has 1 heterocycles. The van der Waals surface area contributed by atoms with Crippen molar-refractivity contribution in [1.82, 2.24) is 10.3 Å². The second-order valence-electron chi connectivity index (χ2n) is 9.45. The van der Waals surface area contributed by atoms with Crippen molar-refractivity contribution >= 4 is 34.5 Å². The van der Waals surface area contributed by atoms with Crippen molar-refractivity contribution in [2.45, 2.75) is 77.9 Å². The van der Waals surface area contributed by atoms with Crippen molar-refractivity contribution < 1.29 is 33.4 Å². The van der Waals surface area contributed by atoms with Crippen LogP contribution >= 0.6 is 0 Å². The minimum Gasteiger partial charge on any atom is -0.496 e. The van der Waals surface area contributed by atoms with Gasteiger partial charge in [0.15, 0.2) is 6.61 Å². The fourth-order valence-electron chi connectivity index (χ4n) is 3.49. The van der Waals surface area contributed by atoms with Crippen LogP contribution in [-0.2, 0) is 19.1 Å². The average molecular weight is 501 g/mol. The maximum absolute atomic E-state index is 12.8. The summed E-state index contributed by atoms with van der Waals surface area (Å²) in [6.45, 7) is 6.44. The number of benzene rings is 1. The third-order valence-electron chi connectivity index (χ3n) is 5.35. The summed E-state index contributed by atoms with van der Waals surface area (Å²) in [5.41, 5.74) is -0.0522. The van der Waals surface area contributed by atoms with Gasteiger partial charge < -0.3 is 19.5 Å². The van der Waals surface area contributed by atoms with Gasteiger partial charge in [-0.3, -0.25) is 9.59 Å². The molecular weight excluding hydrogens is 464 g/mol. The molecule has 0 radical (unpaired) electrons. The first-order valence-electron chi connectivity index (χ1n) is 12.2. The topological polar surface area (TPSA) is 121 Å². The molecule has 1 aromatic heterocycles.